The lowest BCUT2D eigenvalue weighted by atomic mass is 10.0. The highest BCUT2D eigenvalue weighted by atomic mass is 16.5. The van der Waals surface area contributed by atoms with Crippen molar-refractivity contribution in [2.75, 3.05) is 6.61 Å². The molecule has 1 saturated carbocycles. The number of ether oxygens (including phenoxy) is 1. The highest BCUT2D eigenvalue weighted by Gasteiger charge is 2.36. The lowest BCUT2D eigenvalue weighted by Gasteiger charge is -2.26. The van der Waals surface area contributed by atoms with Gasteiger partial charge in [-0.05, 0) is 38.0 Å². The maximum absolute atomic E-state index is 9.69. The standard InChI is InChI=1S/C9H16O2/c10-9(7-4-5-7)8-3-1-2-6-11-8/h7-10H,1-6H2. The molecule has 0 amide bonds. The van der Waals surface area contributed by atoms with Crippen molar-refractivity contribution < 1.29 is 9.84 Å². The number of hydrogen-bond acceptors (Lipinski definition) is 2. The van der Waals surface area contributed by atoms with Crippen LogP contribution in [0.2, 0.25) is 0 Å². The number of aliphatic hydroxyl groups is 1. The fourth-order valence-electron chi connectivity index (χ4n) is 1.78. The number of hydrogen-bond donors (Lipinski definition) is 1. The summed E-state index contributed by atoms with van der Waals surface area (Å²) in [7, 11) is 0. The molecule has 0 aromatic rings. The van der Waals surface area contributed by atoms with Crippen molar-refractivity contribution >= 4 is 0 Å². The average molecular weight is 156 g/mol. The largest absolute Gasteiger partial charge is 0.390 e. The minimum absolute atomic E-state index is 0.157. The van der Waals surface area contributed by atoms with Crippen LogP contribution in [0.5, 0.6) is 0 Å². The van der Waals surface area contributed by atoms with Crippen LogP contribution in [-0.4, -0.2) is 23.9 Å². The van der Waals surface area contributed by atoms with Gasteiger partial charge in [-0.1, -0.05) is 0 Å². The number of aliphatic hydroxyl groups excluding tert-OH is 1. The fourth-order valence-corrected chi connectivity index (χ4v) is 1.78. The SMILES string of the molecule is OC(C1CC1)C1CCCCO1. The molecule has 1 heterocycles. The Bertz CT molecular complexity index is 126. The molecule has 2 atom stereocenters. The molecular weight excluding hydrogens is 140 g/mol. The Balaban J connectivity index is 1.81. The first-order valence-electron chi connectivity index (χ1n) is 4.67. The zero-order chi connectivity index (χ0) is 7.68. The Kier molecular flexibility index (Phi) is 2.14. The molecule has 2 fully saturated rings. The third kappa shape index (κ3) is 1.74. The molecule has 1 aliphatic carbocycles. The molecule has 0 aromatic heterocycles. The Labute approximate surface area is 67.6 Å². The smallest absolute Gasteiger partial charge is 0.0836 e. The summed E-state index contributed by atoms with van der Waals surface area (Å²) in [4.78, 5) is 0. The molecule has 2 unspecified atom stereocenters. The predicted molar refractivity (Wildman–Crippen MR) is 42.3 cm³/mol. The molecule has 0 spiro atoms. The topological polar surface area (TPSA) is 29.5 Å². The minimum atomic E-state index is -0.157. The van der Waals surface area contributed by atoms with Crippen molar-refractivity contribution in [3.8, 4) is 0 Å². The maximum atomic E-state index is 9.69. The van der Waals surface area contributed by atoms with E-state index >= 15 is 0 Å². The summed E-state index contributed by atoms with van der Waals surface area (Å²) in [5.74, 6) is 0.568. The van der Waals surface area contributed by atoms with Crippen LogP contribution in [0.3, 0.4) is 0 Å². The zero-order valence-corrected chi connectivity index (χ0v) is 6.83. The molecular formula is C9H16O2. The van der Waals surface area contributed by atoms with Crippen molar-refractivity contribution in [1.29, 1.82) is 0 Å². The van der Waals surface area contributed by atoms with Gasteiger partial charge in [0, 0.05) is 6.61 Å². The monoisotopic (exact) mass is 156 g/mol. The molecule has 0 bridgehead atoms. The van der Waals surface area contributed by atoms with Gasteiger partial charge >= 0.3 is 0 Å². The molecule has 1 saturated heterocycles. The molecule has 1 aliphatic heterocycles. The van der Waals surface area contributed by atoms with Crippen LogP contribution >= 0.6 is 0 Å². The Morgan fingerprint density at radius 3 is 2.55 bits per heavy atom. The van der Waals surface area contributed by atoms with Crippen LogP contribution in [0.15, 0.2) is 0 Å². The molecule has 2 heteroatoms. The van der Waals surface area contributed by atoms with E-state index in [9.17, 15) is 5.11 Å². The van der Waals surface area contributed by atoms with Crippen molar-refractivity contribution in [2.45, 2.75) is 44.3 Å². The van der Waals surface area contributed by atoms with Crippen LogP contribution in [-0.2, 0) is 4.74 Å². The van der Waals surface area contributed by atoms with Crippen LogP contribution in [0, 0.1) is 5.92 Å². The molecule has 2 rings (SSSR count). The van der Waals surface area contributed by atoms with E-state index < -0.39 is 0 Å². The molecule has 0 radical (unpaired) electrons. The van der Waals surface area contributed by atoms with E-state index in [2.05, 4.69) is 0 Å². The van der Waals surface area contributed by atoms with Gasteiger partial charge in [0.25, 0.3) is 0 Å². The first kappa shape index (κ1) is 7.56. The summed E-state index contributed by atoms with van der Waals surface area (Å²) < 4.78 is 5.49. The molecule has 2 aliphatic rings. The maximum Gasteiger partial charge on any atom is 0.0836 e. The van der Waals surface area contributed by atoms with Gasteiger partial charge in [-0.15, -0.1) is 0 Å². The lowest BCUT2D eigenvalue weighted by molar-refractivity contribution is -0.0694. The second-order valence-electron chi connectivity index (χ2n) is 3.73. The normalized spacial score (nSPS) is 35.2. The van der Waals surface area contributed by atoms with Gasteiger partial charge in [0.15, 0.2) is 0 Å². The van der Waals surface area contributed by atoms with Gasteiger partial charge in [-0.3, -0.25) is 0 Å². The van der Waals surface area contributed by atoms with Crippen LogP contribution in [0.1, 0.15) is 32.1 Å². The van der Waals surface area contributed by atoms with Crippen LogP contribution in [0.4, 0.5) is 0 Å². The van der Waals surface area contributed by atoms with Gasteiger partial charge in [0.2, 0.25) is 0 Å². The first-order valence-corrected chi connectivity index (χ1v) is 4.67. The van der Waals surface area contributed by atoms with E-state index in [-0.39, 0.29) is 12.2 Å². The van der Waals surface area contributed by atoms with Crippen molar-refractivity contribution in [3.63, 3.8) is 0 Å². The highest BCUT2D eigenvalue weighted by molar-refractivity contribution is 4.86. The molecule has 1 N–H and O–H groups in total. The van der Waals surface area contributed by atoms with Gasteiger partial charge in [0.1, 0.15) is 0 Å². The van der Waals surface area contributed by atoms with Crippen molar-refractivity contribution in [3.05, 3.63) is 0 Å². The van der Waals surface area contributed by atoms with Crippen molar-refractivity contribution in [1.82, 2.24) is 0 Å². The Morgan fingerprint density at radius 1 is 1.18 bits per heavy atom. The van der Waals surface area contributed by atoms with Gasteiger partial charge in [0.05, 0.1) is 12.2 Å². The second kappa shape index (κ2) is 3.11. The summed E-state index contributed by atoms with van der Waals surface area (Å²) in [6, 6.07) is 0. The first-order chi connectivity index (χ1) is 5.38. The van der Waals surface area contributed by atoms with Gasteiger partial charge in [-0.25, -0.2) is 0 Å². The molecule has 64 valence electrons. The van der Waals surface area contributed by atoms with E-state index in [0.29, 0.717) is 5.92 Å². The summed E-state index contributed by atoms with van der Waals surface area (Å²) in [6.07, 6.45) is 5.90. The minimum Gasteiger partial charge on any atom is -0.390 e. The quantitative estimate of drug-likeness (QED) is 0.653. The Hall–Kier alpha value is -0.0800. The number of rotatable bonds is 2. The fraction of sp³-hybridized carbons (Fsp3) is 1.00. The molecule has 11 heavy (non-hydrogen) atoms. The van der Waals surface area contributed by atoms with E-state index in [0.717, 1.165) is 13.0 Å². The van der Waals surface area contributed by atoms with E-state index in [1.165, 1.54) is 25.7 Å². The highest BCUT2D eigenvalue weighted by Crippen LogP contribution is 2.36. The van der Waals surface area contributed by atoms with E-state index in [1.54, 1.807) is 0 Å². The summed E-state index contributed by atoms with van der Waals surface area (Å²) in [5.41, 5.74) is 0. The third-order valence-corrected chi connectivity index (χ3v) is 2.70. The van der Waals surface area contributed by atoms with Crippen molar-refractivity contribution in [2.24, 2.45) is 5.92 Å². The Morgan fingerprint density at radius 2 is 2.00 bits per heavy atom. The predicted octanol–water partition coefficient (Wildman–Crippen LogP) is 1.33. The second-order valence-corrected chi connectivity index (χ2v) is 3.73. The third-order valence-electron chi connectivity index (χ3n) is 2.70. The lowest BCUT2D eigenvalue weighted by Crippen LogP contribution is -2.33. The molecule has 2 nitrogen and oxygen atoms in total. The molecule has 0 aromatic carbocycles. The van der Waals surface area contributed by atoms with Crippen LogP contribution < -0.4 is 0 Å². The van der Waals surface area contributed by atoms with E-state index in [4.69, 9.17) is 4.74 Å². The summed E-state index contributed by atoms with van der Waals surface area (Å²) in [6.45, 7) is 0.856. The zero-order valence-electron chi connectivity index (χ0n) is 6.83. The average Bonchev–Trinajstić information content (AvgIpc) is 2.87. The van der Waals surface area contributed by atoms with Crippen LogP contribution in [0.25, 0.3) is 0 Å². The van der Waals surface area contributed by atoms with E-state index in [1.807, 2.05) is 0 Å². The summed E-state index contributed by atoms with van der Waals surface area (Å²) >= 11 is 0. The van der Waals surface area contributed by atoms with Gasteiger partial charge in [-0.2, -0.15) is 0 Å². The van der Waals surface area contributed by atoms with Gasteiger partial charge < -0.3 is 9.84 Å². The summed E-state index contributed by atoms with van der Waals surface area (Å²) in [5, 5.41) is 9.69.